The number of benzene rings is 1. The van der Waals surface area contributed by atoms with Crippen molar-refractivity contribution in [3.8, 4) is 5.75 Å². The number of ether oxygens (including phenoxy) is 1. The molecule has 5 rings (SSSR count). The van der Waals surface area contributed by atoms with E-state index < -0.39 is 0 Å². The van der Waals surface area contributed by atoms with Gasteiger partial charge in [-0.1, -0.05) is 12.1 Å². The summed E-state index contributed by atoms with van der Waals surface area (Å²) in [4.78, 5) is 11.8. The zero-order valence-corrected chi connectivity index (χ0v) is 13.7. The standard InChI is InChI=1S/C19H25NO3/c1-23-16-4-2-15(3-5-16)19-9-13-6-14(10-19)8-18(7-13,12-19)11-17(21)20-22/h2-5,13-14,22H,6-12H2,1H3,(H,20,21)/t13-,14+,18?,19?. The Morgan fingerprint density at radius 3 is 2.43 bits per heavy atom. The first kappa shape index (κ1) is 15.0. The molecule has 0 aromatic heterocycles. The van der Waals surface area contributed by atoms with Gasteiger partial charge in [-0.25, -0.2) is 5.48 Å². The second-order valence-electron chi connectivity index (χ2n) is 8.18. The van der Waals surface area contributed by atoms with E-state index in [-0.39, 0.29) is 16.7 Å². The molecule has 2 unspecified atom stereocenters. The van der Waals surface area contributed by atoms with Crippen LogP contribution < -0.4 is 10.2 Å². The molecule has 0 saturated heterocycles. The Morgan fingerprint density at radius 2 is 1.87 bits per heavy atom. The molecule has 0 spiro atoms. The molecule has 0 heterocycles. The normalized spacial score (nSPS) is 37.7. The van der Waals surface area contributed by atoms with Crippen LogP contribution in [-0.4, -0.2) is 18.2 Å². The van der Waals surface area contributed by atoms with Crippen LogP contribution in [0.4, 0.5) is 0 Å². The minimum Gasteiger partial charge on any atom is -0.497 e. The molecule has 1 aromatic rings. The molecule has 4 atom stereocenters. The highest BCUT2D eigenvalue weighted by molar-refractivity contribution is 5.75. The summed E-state index contributed by atoms with van der Waals surface area (Å²) in [5.74, 6) is 2.12. The van der Waals surface area contributed by atoms with E-state index in [0.29, 0.717) is 6.42 Å². The van der Waals surface area contributed by atoms with Gasteiger partial charge in [-0.3, -0.25) is 10.0 Å². The van der Waals surface area contributed by atoms with Crippen LogP contribution in [0, 0.1) is 17.3 Å². The minimum atomic E-state index is -0.225. The predicted molar refractivity (Wildman–Crippen MR) is 86.3 cm³/mol. The van der Waals surface area contributed by atoms with Crippen molar-refractivity contribution in [3.63, 3.8) is 0 Å². The van der Waals surface area contributed by atoms with Crippen molar-refractivity contribution >= 4 is 5.91 Å². The minimum absolute atomic E-state index is 0.0802. The summed E-state index contributed by atoms with van der Waals surface area (Å²) in [6.45, 7) is 0. The van der Waals surface area contributed by atoms with Crippen LogP contribution in [0.1, 0.15) is 50.5 Å². The first-order chi connectivity index (χ1) is 11.1. The molecule has 4 saturated carbocycles. The Bertz CT molecular complexity index is 596. The van der Waals surface area contributed by atoms with Crippen LogP contribution in [-0.2, 0) is 10.2 Å². The molecule has 1 amide bonds. The molecule has 4 nitrogen and oxygen atoms in total. The molecule has 124 valence electrons. The fraction of sp³-hybridized carbons (Fsp3) is 0.632. The number of nitrogens with one attached hydrogen (secondary N) is 1. The van der Waals surface area contributed by atoms with Crippen LogP contribution in [0.25, 0.3) is 0 Å². The molecular formula is C19H25NO3. The summed E-state index contributed by atoms with van der Waals surface area (Å²) in [6.07, 6.45) is 7.65. The van der Waals surface area contributed by atoms with Crippen LogP contribution in [0.15, 0.2) is 24.3 Å². The van der Waals surface area contributed by atoms with Crippen molar-refractivity contribution in [1.82, 2.24) is 5.48 Å². The third kappa shape index (κ3) is 2.44. The monoisotopic (exact) mass is 315 g/mol. The van der Waals surface area contributed by atoms with E-state index in [2.05, 4.69) is 24.3 Å². The lowest BCUT2D eigenvalue weighted by Gasteiger charge is -2.62. The van der Waals surface area contributed by atoms with Crippen molar-refractivity contribution < 1.29 is 14.7 Å². The molecule has 4 bridgehead atoms. The van der Waals surface area contributed by atoms with Gasteiger partial charge in [0.2, 0.25) is 5.91 Å². The fourth-order valence-corrected chi connectivity index (χ4v) is 6.32. The zero-order valence-electron chi connectivity index (χ0n) is 13.7. The maximum atomic E-state index is 11.8. The summed E-state index contributed by atoms with van der Waals surface area (Å²) >= 11 is 0. The lowest BCUT2D eigenvalue weighted by atomic mass is 9.42. The Balaban J connectivity index is 1.67. The lowest BCUT2D eigenvalue weighted by Crippen LogP contribution is -2.55. The molecule has 2 N–H and O–H groups in total. The molecule has 1 aromatic carbocycles. The van der Waals surface area contributed by atoms with Gasteiger partial charge in [0.25, 0.3) is 0 Å². The number of carbonyl (C=O) groups excluding carboxylic acids is 1. The summed E-state index contributed by atoms with van der Waals surface area (Å²) < 4.78 is 5.29. The van der Waals surface area contributed by atoms with Gasteiger partial charge in [-0.05, 0) is 78.9 Å². The van der Waals surface area contributed by atoms with E-state index in [4.69, 9.17) is 9.94 Å². The SMILES string of the molecule is COc1ccc(C23C[C@@H]4C[C@@H](CC(CC(=O)NO)(C4)C2)C3)cc1. The van der Waals surface area contributed by atoms with Gasteiger partial charge < -0.3 is 4.74 Å². The van der Waals surface area contributed by atoms with Crippen molar-refractivity contribution in [3.05, 3.63) is 29.8 Å². The average Bonchev–Trinajstić information content (AvgIpc) is 2.53. The summed E-state index contributed by atoms with van der Waals surface area (Å²) in [5, 5.41) is 8.96. The van der Waals surface area contributed by atoms with Crippen molar-refractivity contribution in [2.24, 2.45) is 17.3 Å². The Hall–Kier alpha value is -1.55. The maximum Gasteiger partial charge on any atom is 0.243 e. The Kier molecular flexibility index (Phi) is 3.41. The topological polar surface area (TPSA) is 58.6 Å². The molecule has 4 fully saturated rings. The van der Waals surface area contributed by atoms with Gasteiger partial charge >= 0.3 is 0 Å². The molecule has 0 aliphatic heterocycles. The lowest BCUT2D eigenvalue weighted by molar-refractivity contribution is -0.139. The number of hydroxylamine groups is 1. The molecular weight excluding hydrogens is 290 g/mol. The number of carbonyl (C=O) groups is 1. The van der Waals surface area contributed by atoms with Crippen LogP contribution in [0.3, 0.4) is 0 Å². The number of hydrogen-bond acceptors (Lipinski definition) is 3. The fourth-order valence-electron chi connectivity index (χ4n) is 6.32. The van der Waals surface area contributed by atoms with Crippen LogP contribution in [0.5, 0.6) is 5.75 Å². The van der Waals surface area contributed by atoms with Crippen LogP contribution in [0.2, 0.25) is 0 Å². The molecule has 23 heavy (non-hydrogen) atoms. The number of amides is 1. The largest absolute Gasteiger partial charge is 0.497 e. The predicted octanol–water partition coefficient (Wildman–Crippen LogP) is 3.43. The van der Waals surface area contributed by atoms with Gasteiger partial charge in [0.15, 0.2) is 0 Å². The van der Waals surface area contributed by atoms with Crippen LogP contribution >= 0.6 is 0 Å². The highest BCUT2D eigenvalue weighted by Gasteiger charge is 2.58. The summed E-state index contributed by atoms with van der Waals surface area (Å²) in [7, 11) is 1.70. The van der Waals surface area contributed by atoms with Gasteiger partial charge in [0.05, 0.1) is 7.11 Å². The third-order valence-electron chi connectivity index (χ3n) is 6.54. The Labute approximate surface area is 137 Å². The molecule has 4 heteroatoms. The van der Waals surface area contributed by atoms with E-state index in [9.17, 15) is 4.79 Å². The Morgan fingerprint density at radius 1 is 1.22 bits per heavy atom. The first-order valence-electron chi connectivity index (χ1n) is 8.64. The molecule has 4 aliphatic rings. The van der Waals surface area contributed by atoms with Gasteiger partial charge in [-0.2, -0.15) is 0 Å². The van der Waals surface area contributed by atoms with E-state index in [1.807, 2.05) is 5.48 Å². The molecule has 0 radical (unpaired) electrons. The quantitative estimate of drug-likeness (QED) is 0.661. The van der Waals surface area contributed by atoms with Gasteiger partial charge in [-0.15, -0.1) is 0 Å². The molecule has 4 aliphatic carbocycles. The number of hydrogen-bond donors (Lipinski definition) is 2. The van der Waals surface area contributed by atoms with Crippen molar-refractivity contribution in [2.75, 3.05) is 7.11 Å². The van der Waals surface area contributed by atoms with E-state index in [0.717, 1.165) is 36.8 Å². The van der Waals surface area contributed by atoms with E-state index in [1.54, 1.807) is 7.11 Å². The van der Waals surface area contributed by atoms with E-state index >= 15 is 0 Å². The highest BCUT2D eigenvalue weighted by atomic mass is 16.5. The van der Waals surface area contributed by atoms with E-state index in [1.165, 1.54) is 24.8 Å². The number of rotatable bonds is 4. The average molecular weight is 315 g/mol. The van der Waals surface area contributed by atoms with Gasteiger partial charge in [0, 0.05) is 6.42 Å². The number of methoxy groups -OCH3 is 1. The highest BCUT2D eigenvalue weighted by Crippen LogP contribution is 2.66. The second kappa shape index (κ2) is 5.23. The third-order valence-corrected chi connectivity index (χ3v) is 6.54. The van der Waals surface area contributed by atoms with Crippen molar-refractivity contribution in [1.29, 1.82) is 0 Å². The van der Waals surface area contributed by atoms with Gasteiger partial charge in [0.1, 0.15) is 5.75 Å². The summed E-state index contributed by atoms with van der Waals surface area (Å²) in [6, 6.07) is 8.54. The second-order valence-corrected chi connectivity index (χ2v) is 8.18. The van der Waals surface area contributed by atoms with Crippen molar-refractivity contribution in [2.45, 2.75) is 50.4 Å². The maximum absolute atomic E-state index is 11.8. The first-order valence-corrected chi connectivity index (χ1v) is 8.64. The summed E-state index contributed by atoms with van der Waals surface area (Å²) in [5.41, 5.74) is 3.55. The zero-order chi connectivity index (χ0) is 16.1. The smallest absolute Gasteiger partial charge is 0.243 e.